The van der Waals surface area contributed by atoms with Crippen molar-refractivity contribution >= 4 is 29.0 Å². The maximum absolute atomic E-state index is 12.0. The summed E-state index contributed by atoms with van der Waals surface area (Å²) >= 11 is 0. The summed E-state index contributed by atoms with van der Waals surface area (Å²) in [6.45, 7) is 5.44. The fraction of sp³-hybridized carbons (Fsp3) is 0.333. The maximum atomic E-state index is 12.0. The lowest BCUT2D eigenvalue weighted by molar-refractivity contribution is 0.0995. The number of para-hydroxylation sites is 1. The molecule has 2 heterocycles. The van der Waals surface area contributed by atoms with Gasteiger partial charge in [0, 0.05) is 31.5 Å². The SMILES string of the molecule is CCN1CCc2cc(OC)c(Nc3nnc(C(N)=O)c(Nc4ccccc4COC)n3)cc2C1. The Bertz CT molecular complexity index is 1190. The number of methoxy groups -OCH3 is 2. The molecule has 4 rings (SSSR count). The van der Waals surface area contributed by atoms with Crippen molar-refractivity contribution in [1.29, 1.82) is 0 Å². The third kappa shape index (κ3) is 5.08. The van der Waals surface area contributed by atoms with Crippen LogP contribution < -0.4 is 21.1 Å². The molecule has 34 heavy (non-hydrogen) atoms. The van der Waals surface area contributed by atoms with Crippen molar-refractivity contribution in [2.75, 3.05) is 37.9 Å². The van der Waals surface area contributed by atoms with Crippen LogP contribution in [0.1, 0.15) is 34.1 Å². The van der Waals surface area contributed by atoms with Gasteiger partial charge in [-0.1, -0.05) is 25.1 Å². The summed E-state index contributed by atoms with van der Waals surface area (Å²) in [6.07, 6.45) is 0.972. The van der Waals surface area contributed by atoms with Gasteiger partial charge in [-0.15, -0.1) is 10.2 Å². The van der Waals surface area contributed by atoms with Crippen LogP contribution in [-0.2, 0) is 24.3 Å². The van der Waals surface area contributed by atoms with E-state index in [1.807, 2.05) is 24.3 Å². The largest absolute Gasteiger partial charge is 0.495 e. The number of likely N-dealkylation sites (N-methyl/N-ethyl adjacent to an activating group) is 1. The van der Waals surface area contributed by atoms with Gasteiger partial charge < -0.3 is 25.8 Å². The summed E-state index contributed by atoms with van der Waals surface area (Å²) in [6, 6.07) is 11.7. The first kappa shape index (κ1) is 23.4. The Morgan fingerprint density at radius 1 is 1.12 bits per heavy atom. The van der Waals surface area contributed by atoms with E-state index in [2.05, 4.69) is 49.8 Å². The van der Waals surface area contributed by atoms with Crippen molar-refractivity contribution in [2.24, 2.45) is 5.73 Å². The number of anilines is 4. The van der Waals surface area contributed by atoms with Gasteiger partial charge in [-0.3, -0.25) is 9.69 Å². The van der Waals surface area contributed by atoms with Crippen molar-refractivity contribution in [2.45, 2.75) is 26.5 Å². The lowest BCUT2D eigenvalue weighted by Gasteiger charge is -2.28. The molecule has 0 saturated heterocycles. The molecule has 0 spiro atoms. The Balaban J connectivity index is 1.67. The molecule has 10 heteroatoms. The molecule has 0 unspecified atom stereocenters. The molecule has 0 bridgehead atoms. The second-order valence-electron chi connectivity index (χ2n) is 7.98. The van der Waals surface area contributed by atoms with Crippen LogP contribution in [0, 0.1) is 0 Å². The molecule has 0 atom stereocenters. The van der Waals surface area contributed by atoms with E-state index in [1.54, 1.807) is 14.2 Å². The second-order valence-corrected chi connectivity index (χ2v) is 7.98. The van der Waals surface area contributed by atoms with Gasteiger partial charge in [0.1, 0.15) is 5.75 Å². The van der Waals surface area contributed by atoms with Crippen LogP contribution in [0.5, 0.6) is 5.75 Å². The van der Waals surface area contributed by atoms with E-state index in [0.29, 0.717) is 12.4 Å². The number of nitrogens with one attached hydrogen (secondary N) is 2. The van der Waals surface area contributed by atoms with E-state index in [-0.39, 0.29) is 17.5 Å². The van der Waals surface area contributed by atoms with E-state index in [9.17, 15) is 4.79 Å². The van der Waals surface area contributed by atoms with Crippen molar-refractivity contribution in [3.8, 4) is 5.75 Å². The van der Waals surface area contributed by atoms with Gasteiger partial charge in [-0.05, 0) is 42.3 Å². The van der Waals surface area contributed by atoms with Gasteiger partial charge in [0.05, 0.1) is 19.4 Å². The molecular weight excluding hydrogens is 434 g/mol. The molecule has 0 aliphatic carbocycles. The number of amides is 1. The zero-order valence-electron chi connectivity index (χ0n) is 19.6. The molecule has 0 saturated carbocycles. The van der Waals surface area contributed by atoms with Crippen molar-refractivity contribution in [3.63, 3.8) is 0 Å². The highest BCUT2D eigenvalue weighted by molar-refractivity contribution is 5.96. The summed E-state index contributed by atoms with van der Waals surface area (Å²) in [5.74, 6) is 0.358. The number of ether oxygens (including phenoxy) is 2. The highest BCUT2D eigenvalue weighted by Crippen LogP contribution is 2.33. The average molecular weight is 464 g/mol. The third-order valence-corrected chi connectivity index (χ3v) is 5.80. The molecule has 0 radical (unpaired) electrons. The topological polar surface area (TPSA) is 128 Å². The van der Waals surface area contributed by atoms with Gasteiger partial charge in [0.25, 0.3) is 5.91 Å². The number of rotatable bonds is 9. The zero-order chi connectivity index (χ0) is 24.1. The van der Waals surface area contributed by atoms with Gasteiger partial charge in [-0.25, -0.2) is 0 Å². The fourth-order valence-electron chi connectivity index (χ4n) is 3.99. The molecule has 4 N–H and O–H groups in total. The first-order valence-corrected chi connectivity index (χ1v) is 11.1. The van der Waals surface area contributed by atoms with Crippen LogP contribution in [0.25, 0.3) is 0 Å². The highest BCUT2D eigenvalue weighted by atomic mass is 16.5. The highest BCUT2D eigenvalue weighted by Gasteiger charge is 2.20. The molecule has 3 aromatic rings. The number of nitrogens with two attached hydrogens (primary N) is 1. The number of aromatic nitrogens is 3. The summed E-state index contributed by atoms with van der Waals surface area (Å²) in [5.41, 5.74) is 10.3. The predicted octanol–water partition coefficient (Wildman–Crippen LogP) is 2.99. The van der Waals surface area contributed by atoms with Crippen LogP contribution in [-0.4, -0.2) is 53.3 Å². The Labute approximate surface area is 198 Å². The molecule has 2 aromatic carbocycles. The zero-order valence-corrected chi connectivity index (χ0v) is 19.6. The Hall–Kier alpha value is -3.76. The standard InChI is InChI=1S/C24H29N7O3/c1-4-31-10-9-15-12-20(34-3)19(11-17(15)13-31)27-24-28-23(21(22(25)32)29-30-24)26-18-8-6-5-7-16(18)14-33-2/h5-8,11-12H,4,9-10,13-14H2,1-3H3,(H2,25,32)(H2,26,27,28,30). The Morgan fingerprint density at radius 3 is 2.68 bits per heavy atom. The van der Waals surface area contributed by atoms with Crippen LogP contribution in [0.3, 0.4) is 0 Å². The number of benzene rings is 2. The summed E-state index contributed by atoms with van der Waals surface area (Å²) in [4.78, 5) is 18.9. The monoisotopic (exact) mass is 463 g/mol. The number of hydrogen-bond acceptors (Lipinski definition) is 9. The summed E-state index contributed by atoms with van der Waals surface area (Å²) in [5, 5.41) is 14.4. The van der Waals surface area contributed by atoms with E-state index in [1.165, 1.54) is 11.1 Å². The van der Waals surface area contributed by atoms with Crippen LogP contribution in [0.4, 0.5) is 23.1 Å². The average Bonchev–Trinajstić information content (AvgIpc) is 2.84. The van der Waals surface area contributed by atoms with E-state index in [0.717, 1.165) is 43.0 Å². The van der Waals surface area contributed by atoms with Gasteiger partial charge in [-0.2, -0.15) is 4.98 Å². The van der Waals surface area contributed by atoms with E-state index < -0.39 is 5.91 Å². The van der Waals surface area contributed by atoms with Gasteiger partial charge in [0.2, 0.25) is 5.95 Å². The number of carbonyl (C=O) groups excluding carboxylic acids is 1. The lowest BCUT2D eigenvalue weighted by Crippen LogP contribution is -2.30. The number of hydrogen-bond donors (Lipinski definition) is 3. The minimum Gasteiger partial charge on any atom is -0.495 e. The number of carbonyl (C=O) groups is 1. The number of primary amides is 1. The predicted molar refractivity (Wildman–Crippen MR) is 130 cm³/mol. The van der Waals surface area contributed by atoms with Gasteiger partial charge in [0.15, 0.2) is 11.5 Å². The molecule has 1 aliphatic rings. The smallest absolute Gasteiger partial charge is 0.273 e. The third-order valence-electron chi connectivity index (χ3n) is 5.80. The molecule has 0 fully saturated rings. The van der Waals surface area contributed by atoms with E-state index in [4.69, 9.17) is 15.2 Å². The summed E-state index contributed by atoms with van der Waals surface area (Å²) < 4.78 is 10.9. The second kappa shape index (κ2) is 10.4. The maximum Gasteiger partial charge on any atom is 0.273 e. The lowest BCUT2D eigenvalue weighted by atomic mass is 9.98. The molecule has 10 nitrogen and oxygen atoms in total. The Morgan fingerprint density at radius 2 is 1.94 bits per heavy atom. The molecule has 1 aromatic heterocycles. The number of fused-ring (bicyclic) bond motifs is 1. The van der Waals surface area contributed by atoms with Crippen molar-refractivity contribution in [1.82, 2.24) is 20.1 Å². The first-order chi connectivity index (χ1) is 16.5. The normalized spacial score (nSPS) is 13.3. The molecular formula is C24H29N7O3. The molecule has 1 aliphatic heterocycles. The van der Waals surface area contributed by atoms with Gasteiger partial charge >= 0.3 is 0 Å². The van der Waals surface area contributed by atoms with Crippen LogP contribution in [0.2, 0.25) is 0 Å². The van der Waals surface area contributed by atoms with Crippen LogP contribution >= 0.6 is 0 Å². The van der Waals surface area contributed by atoms with Crippen molar-refractivity contribution < 1.29 is 14.3 Å². The first-order valence-electron chi connectivity index (χ1n) is 11.1. The van der Waals surface area contributed by atoms with Crippen molar-refractivity contribution in [3.05, 3.63) is 58.8 Å². The van der Waals surface area contributed by atoms with E-state index >= 15 is 0 Å². The number of nitrogens with zero attached hydrogens (tertiary/aromatic N) is 4. The molecule has 1 amide bonds. The minimum atomic E-state index is -0.732. The molecule has 178 valence electrons. The summed E-state index contributed by atoms with van der Waals surface area (Å²) in [7, 11) is 3.24. The van der Waals surface area contributed by atoms with Crippen LogP contribution in [0.15, 0.2) is 36.4 Å². The Kier molecular flexibility index (Phi) is 7.19. The fourth-order valence-corrected chi connectivity index (χ4v) is 3.99. The quantitative estimate of drug-likeness (QED) is 0.439. The minimum absolute atomic E-state index is 0.0613.